The minimum absolute atomic E-state index is 0.0368. The molecule has 18 heavy (non-hydrogen) atoms. The molecule has 1 heterocycles. The summed E-state index contributed by atoms with van der Waals surface area (Å²) in [5.41, 5.74) is 1.60. The topological polar surface area (TPSA) is 68.0 Å². The summed E-state index contributed by atoms with van der Waals surface area (Å²) in [7, 11) is 0. The van der Waals surface area contributed by atoms with E-state index < -0.39 is 5.97 Å². The summed E-state index contributed by atoms with van der Waals surface area (Å²) in [4.78, 5) is 10.8. The second-order valence-corrected chi connectivity index (χ2v) is 5.52. The molecule has 1 saturated carbocycles. The van der Waals surface area contributed by atoms with Gasteiger partial charge in [-0.2, -0.15) is 0 Å². The van der Waals surface area contributed by atoms with Crippen molar-refractivity contribution in [2.24, 2.45) is 5.92 Å². The van der Waals surface area contributed by atoms with Gasteiger partial charge in [0.15, 0.2) is 0 Å². The molecule has 2 rings (SSSR count). The van der Waals surface area contributed by atoms with Crippen LogP contribution in [-0.2, 0) is 11.2 Å². The van der Waals surface area contributed by atoms with E-state index in [1.807, 2.05) is 4.68 Å². The van der Waals surface area contributed by atoms with Crippen LogP contribution in [0.3, 0.4) is 0 Å². The predicted octanol–water partition coefficient (Wildman–Crippen LogP) is 2.39. The minimum atomic E-state index is -0.847. The van der Waals surface area contributed by atoms with Crippen LogP contribution >= 0.6 is 0 Å². The smallest absolute Gasteiger partial charge is 0.309 e. The van der Waals surface area contributed by atoms with Gasteiger partial charge in [-0.1, -0.05) is 25.5 Å². The van der Waals surface area contributed by atoms with E-state index in [1.54, 1.807) is 0 Å². The van der Waals surface area contributed by atoms with Gasteiger partial charge in [0.1, 0.15) is 0 Å². The normalized spacial score (nSPS) is 17.8. The van der Waals surface area contributed by atoms with Gasteiger partial charge < -0.3 is 5.11 Å². The number of nitrogens with zero attached hydrogens (tertiary/aromatic N) is 3. The second-order valence-electron chi connectivity index (χ2n) is 5.52. The first-order valence-electron chi connectivity index (χ1n) is 6.66. The van der Waals surface area contributed by atoms with Crippen molar-refractivity contribution in [3.8, 4) is 0 Å². The Hall–Kier alpha value is -1.39. The maximum atomic E-state index is 10.8. The highest BCUT2D eigenvalue weighted by Crippen LogP contribution is 2.37. The van der Waals surface area contributed by atoms with Gasteiger partial charge in [-0.3, -0.25) is 4.79 Å². The zero-order valence-electron chi connectivity index (χ0n) is 11.3. The van der Waals surface area contributed by atoms with Crippen LogP contribution in [0, 0.1) is 5.92 Å². The Morgan fingerprint density at radius 2 is 2.11 bits per heavy atom. The van der Waals surface area contributed by atoms with E-state index in [2.05, 4.69) is 31.1 Å². The van der Waals surface area contributed by atoms with Gasteiger partial charge >= 0.3 is 5.97 Å². The Balaban J connectivity index is 2.28. The Kier molecular flexibility index (Phi) is 3.68. The largest absolute Gasteiger partial charge is 0.481 e. The fourth-order valence-electron chi connectivity index (χ4n) is 2.62. The lowest BCUT2D eigenvalue weighted by Crippen LogP contribution is -2.25. The van der Waals surface area contributed by atoms with Crippen molar-refractivity contribution in [2.75, 3.05) is 0 Å². The van der Waals surface area contributed by atoms with Gasteiger partial charge in [0.25, 0.3) is 0 Å². The molecule has 1 aliphatic carbocycles. The molecule has 1 N–H and O–H groups in total. The number of carboxylic acid groups (broad SMARTS) is 1. The van der Waals surface area contributed by atoms with Gasteiger partial charge in [0.05, 0.1) is 23.9 Å². The summed E-state index contributed by atoms with van der Waals surface area (Å²) >= 11 is 0. The molecule has 0 saturated heterocycles. The SMILES string of the molecule is CC(C)c1c(CC(=O)O)nnn1C(C)C1CCC1. The summed E-state index contributed by atoms with van der Waals surface area (Å²) < 4.78 is 1.95. The van der Waals surface area contributed by atoms with E-state index in [9.17, 15) is 4.79 Å². The Labute approximate surface area is 107 Å². The van der Waals surface area contributed by atoms with Crippen molar-refractivity contribution in [3.05, 3.63) is 11.4 Å². The average molecular weight is 251 g/mol. The summed E-state index contributed by atoms with van der Waals surface area (Å²) in [6, 6.07) is 0.325. The molecular formula is C13H21N3O2. The average Bonchev–Trinajstić information content (AvgIpc) is 2.57. The number of hydrogen-bond donors (Lipinski definition) is 1. The van der Waals surface area contributed by atoms with Crippen LogP contribution in [0.4, 0.5) is 0 Å². The van der Waals surface area contributed by atoms with E-state index in [-0.39, 0.29) is 12.3 Å². The molecule has 0 aromatic carbocycles. The summed E-state index contributed by atoms with van der Waals surface area (Å²) in [6.07, 6.45) is 3.74. The first-order chi connectivity index (χ1) is 8.50. The highest BCUT2D eigenvalue weighted by molar-refractivity contribution is 5.69. The summed E-state index contributed by atoms with van der Waals surface area (Å²) in [5, 5.41) is 17.2. The first kappa shape index (κ1) is 13.1. The van der Waals surface area contributed by atoms with Gasteiger partial charge in [-0.15, -0.1) is 5.10 Å². The highest BCUT2D eigenvalue weighted by Gasteiger charge is 2.29. The zero-order valence-corrected chi connectivity index (χ0v) is 11.3. The van der Waals surface area contributed by atoms with E-state index in [0.29, 0.717) is 17.7 Å². The van der Waals surface area contributed by atoms with Crippen molar-refractivity contribution in [3.63, 3.8) is 0 Å². The zero-order chi connectivity index (χ0) is 13.3. The van der Waals surface area contributed by atoms with E-state index in [0.717, 1.165) is 5.69 Å². The van der Waals surface area contributed by atoms with Crippen LogP contribution in [0.15, 0.2) is 0 Å². The lowest BCUT2D eigenvalue weighted by Gasteiger charge is -2.32. The van der Waals surface area contributed by atoms with Crippen molar-refractivity contribution in [1.82, 2.24) is 15.0 Å². The summed E-state index contributed by atoms with van der Waals surface area (Å²) in [6.45, 7) is 6.29. The lowest BCUT2D eigenvalue weighted by atomic mass is 9.80. The molecule has 1 unspecified atom stereocenters. The summed E-state index contributed by atoms with van der Waals surface area (Å²) in [5.74, 6) is 0.0685. The van der Waals surface area contributed by atoms with Crippen LogP contribution < -0.4 is 0 Å². The Morgan fingerprint density at radius 1 is 1.44 bits per heavy atom. The molecule has 0 amide bonds. The number of aromatic nitrogens is 3. The van der Waals surface area contributed by atoms with E-state index in [4.69, 9.17) is 5.11 Å². The molecule has 1 aliphatic rings. The molecule has 0 bridgehead atoms. The predicted molar refractivity (Wildman–Crippen MR) is 67.5 cm³/mol. The van der Waals surface area contributed by atoms with Gasteiger partial charge in [-0.05, 0) is 31.6 Å². The van der Waals surface area contributed by atoms with E-state index in [1.165, 1.54) is 19.3 Å². The molecule has 1 fully saturated rings. The molecule has 5 nitrogen and oxygen atoms in total. The third-order valence-electron chi connectivity index (χ3n) is 3.89. The molecule has 1 aromatic heterocycles. The molecule has 1 atom stereocenters. The second kappa shape index (κ2) is 5.08. The van der Waals surface area contributed by atoms with Crippen molar-refractivity contribution in [1.29, 1.82) is 0 Å². The third-order valence-corrected chi connectivity index (χ3v) is 3.89. The molecule has 5 heteroatoms. The Morgan fingerprint density at radius 3 is 2.56 bits per heavy atom. The van der Waals surface area contributed by atoms with Crippen LogP contribution in [-0.4, -0.2) is 26.1 Å². The van der Waals surface area contributed by atoms with Gasteiger partial charge in [0.2, 0.25) is 0 Å². The van der Waals surface area contributed by atoms with Gasteiger partial charge in [-0.25, -0.2) is 4.68 Å². The number of rotatable bonds is 5. The number of carboxylic acids is 1. The van der Waals surface area contributed by atoms with Crippen LogP contribution in [0.25, 0.3) is 0 Å². The monoisotopic (exact) mass is 251 g/mol. The van der Waals surface area contributed by atoms with Crippen LogP contribution in [0.5, 0.6) is 0 Å². The number of carbonyl (C=O) groups is 1. The maximum Gasteiger partial charge on any atom is 0.309 e. The van der Waals surface area contributed by atoms with Crippen molar-refractivity contribution >= 4 is 5.97 Å². The van der Waals surface area contributed by atoms with E-state index >= 15 is 0 Å². The molecule has 1 aromatic rings. The Bertz CT molecular complexity index is 435. The number of aliphatic carboxylic acids is 1. The lowest BCUT2D eigenvalue weighted by molar-refractivity contribution is -0.136. The first-order valence-corrected chi connectivity index (χ1v) is 6.66. The maximum absolute atomic E-state index is 10.8. The van der Waals surface area contributed by atoms with Crippen LogP contribution in [0.1, 0.15) is 63.4 Å². The fourth-order valence-corrected chi connectivity index (χ4v) is 2.62. The molecular weight excluding hydrogens is 230 g/mol. The minimum Gasteiger partial charge on any atom is -0.481 e. The van der Waals surface area contributed by atoms with Crippen LogP contribution in [0.2, 0.25) is 0 Å². The molecule has 0 aliphatic heterocycles. The highest BCUT2D eigenvalue weighted by atomic mass is 16.4. The number of hydrogen-bond acceptors (Lipinski definition) is 3. The van der Waals surface area contributed by atoms with Gasteiger partial charge in [0, 0.05) is 0 Å². The molecule has 100 valence electrons. The molecule has 0 radical (unpaired) electrons. The van der Waals surface area contributed by atoms with Crippen molar-refractivity contribution < 1.29 is 9.90 Å². The third kappa shape index (κ3) is 2.40. The molecule has 0 spiro atoms. The van der Waals surface area contributed by atoms with Crippen molar-refractivity contribution in [2.45, 2.75) is 58.4 Å². The standard InChI is InChI=1S/C13H21N3O2/c1-8(2)13-11(7-12(17)18)14-15-16(13)9(3)10-5-4-6-10/h8-10H,4-7H2,1-3H3,(H,17,18). The quantitative estimate of drug-likeness (QED) is 0.872. The fraction of sp³-hybridized carbons (Fsp3) is 0.769.